The van der Waals surface area contributed by atoms with E-state index in [0.29, 0.717) is 12.2 Å². The highest BCUT2D eigenvalue weighted by atomic mass is 16.7. The summed E-state index contributed by atoms with van der Waals surface area (Å²) in [6.45, 7) is 9.42. The lowest BCUT2D eigenvalue weighted by atomic mass is 10.3. The Labute approximate surface area is 83.8 Å². The minimum absolute atomic E-state index is 0.173. The molecule has 0 saturated carbocycles. The van der Waals surface area contributed by atoms with Gasteiger partial charge in [0.25, 0.3) is 0 Å². The van der Waals surface area contributed by atoms with Crippen molar-refractivity contribution >= 4 is 5.97 Å². The molecule has 1 fully saturated rings. The molecule has 0 aliphatic carbocycles. The SMILES string of the molecule is C=C(C)C(=O)OC[C@H]1COC(C)(C)O1. The van der Waals surface area contributed by atoms with Crippen LogP contribution in [0.2, 0.25) is 0 Å². The van der Waals surface area contributed by atoms with Crippen molar-refractivity contribution in [2.75, 3.05) is 13.2 Å². The fraction of sp³-hybridized carbons (Fsp3) is 0.700. The van der Waals surface area contributed by atoms with E-state index >= 15 is 0 Å². The Morgan fingerprint density at radius 2 is 2.29 bits per heavy atom. The predicted molar refractivity (Wildman–Crippen MR) is 50.7 cm³/mol. The quantitative estimate of drug-likeness (QED) is 0.508. The van der Waals surface area contributed by atoms with Crippen molar-refractivity contribution in [2.24, 2.45) is 0 Å². The third kappa shape index (κ3) is 3.12. The molecule has 1 rings (SSSR count). The molecule has 80 valence electrons. The van der Waals surface area contributed by atoms with Crippen LogP contribution in [0.15, 0.2) is 12.2 Å². The minimum atomic E-state index is -0.569. The minimum Gasteiger partial charge on any atom is -0.459 e. The summed E-state index contributed by atoms with van der Waals surface area (Å²) in [6.07, 6.45) is -0.173. The van der Waals surface area contributed by atoms with Crippen molar-refractivity contribution in [2.45, 2.75) is 32.7 Å². The third-order valence-corrected chi connectivity index (χ3v) is 1.82. The summed E-state index contributed by atoms with van der Waals surface area (Å²) < 4.78 is 15.7. The van der Waals surface area contributed by atoms with E-state index in [1.807, 2.05) is 13.8 Å². The average molecular weight is 200 g/mol. The summed E-state index contributed by atoms with van der Waals surface area (Å²) in [5.41, 5.74) is 0.392. The standard InChI is InChI=1S/C10H16O4/c1-7(2)9(11)12-5-8-6-13-10(3,4)14-8/h8H,1,5-6H2,2-4H3/t8-/m0/s1. The van der Waals surface area contributed by atoms with Crippen LogP contribution in [0.3, 0.4) is 0 Å². The number of esters is 1. The van der Waals surface area contributed by atoms with Gasteiger partial charge >= 0.3 is 5.97 Å². The van der Waals surface area contributed by atoms with Crippen molar-refractivity contribution in [3.8, 4) is 0 Å². The lowest BCUT2D eigenvalue weighted by Crippen LogP contribution is -2.25. The zero-order chi connectivity index (χ0) is 10.8. The van der Waals surface area contributed by atoms with Crippen LogP contribution in [0, 0.1) is 0 Å². The van der Waals surface area contributed by atoms with Crippen molar-refractivity contribution < 1.29 is 19.0 Å². The zero-order valence-corrected chi connectivity index (χ0v) is 8.83. The molecule has 14 heavy (non-hydrogen) atoms. The summed E-state index contributed by atoms with van der Waals surface area (Å²) in [6, 6.07) is 0. The number of ether oxygens (including phenoxy) is 3. The van der Waals surface area contributed by atoms with Gasteiger partial charge in [-0.05, 0) is 20.8 Å². The van der Waals surface area contributed by atoms with E-state index in [9.17, 15) is 4.79 Å². The molecule has 4 heteroatoms. The normalized spacial score (nSPS) is 24.6. The van der Waals surface area contributed by atoms with Gasteiger partial charge in [0.15, 0.2) is 5.79 Å². The van der Waals surface area contributed by atoms with Gasteiger partial charge in [-0.15, -0.1) is 0 Å². The van der Waals surface area contributed by atoms with E-state index in [0.717, 1.165) is 0 Å². The number of rotatable bonds is 3. The molecule has 0 aromatic carbocycles. The van der Waals surface area contributed by atoms with E-state index < -0.39 is 11.8 Å². The van der Waals surface area contributed by atoms with Gasteiger partial charge in [0.2, 0.25) is 0 Å². The van der Waals surface area contributed by atoms with Gasteiger partial charge in [-0.1, -0.05) is 6.58 Å². The third-order valence-electron chi connectivity index (χ3n) is 1.82. The second-order valence-electron chi connectivity index (χ2n) is 3.83. The van der Waals surface area contributed by atoms with Crippen LogP contribution in [0.4, 0.5) is 0 Å². The van der Waals surface area contributed by atoms with Crippen molar-refractivity contribution in [1.29, 1.82) is 0 Å². The van der Waals surface area contributed by atoms with Crippen molar-refractivity contribution in [3.63, 3.8) is 0 Å². The Morgan fingerprint density at radius 1 is 1.64 bits per heavy atom. The Hall–Kier alpha value is -0.870. The molecule has 0 unspecified atom stereocenters. The van der Waals surface area contributed by atoms with Gasteiger partial charge < -0.3 is 14.2 Å². The van der Waals surface area contributed by atoms with Crippen LogP contribution in [-0.2, 0) is 19.0 Å². The molecule has 1 aliphatic rings. The van der Waals surface area contributed by atoms with E-state index in [2.05, 4.69) is 6.58 Å². The Morgan fingerprint density at radius 3 is 2.71 bits per heavy atom. The van der Waals surface area contributed by atoms with Crippen LogP contribution in [0.1, 0.15) is 20.8 Å². The first-order valence-corrected chi connectivity index (χ1v) is 4.55. The monoisotopic (exact) mass is 200 g/mol. The maximum absolute atomic E-state index is 11.0. The van der Waals surface area contributed by atoms with Crippen molar-refractivity contribution in [3.05, 3.63) is 12.2 Å². The van der Waals surface area contributed by atoms with Crippen LogP contribution in [-0.4, -0.2) is 31.1 Å². The Bertz CT molecular complexity index is 245. The maximum atomic E-state index is 11.0. The molecule has 1 heterocycles. The van der Waals surface area contributed by atoms with Gasteiger partial charge in [0, 0.05) is 5.57 Å². The largest absolute Gasteiger partial charge is 0.459 e. The molecule has 1 aliphatic heterocycles. The van der Waals surface area contributed by atoms with Gasteiger partial charge in [-0.25, -0.2) is 4.79 Å². The highest BCUT2D eigenvalue weighted by molar-refractivity contribution is 5.86. The average Bonchev–Trinajstić information content (AvgIpc) is 2.41. The smallest absolute Gasteiger partial charge is 0.333 e. The fourth-order valence-electron chi connectivity index (χ4n) is 1.14. The molecular weight excluding hydrogens is 184 g/mol. The second kappa shape index (κ2) is 4.11. The molecular formula is C10H16O4. The number of carbonyl (C=O) groups excluding carboxylic acids is 1. The lowest BCUT2D eigenvalue weighted by Gasteiger charge is -2.16. The van der Waals surface area contributed by atoms with Crippen LogP contribution < -0.4 is 0 Å². The fourth-order valence-corrected chi connectivity index (χ4v) is 1.14. The first kappa shape index (κ1) is 11.2. The number of carbonyl (C=O) groups is 1. The molecule has 0 spiro atoms. The second-order valence-corrected chi connectivity index (χ2v) is 3.83. The first-order valence-electron chi connectivity index (χ1n) is 4.55. The first-order chi connectivity index (χ1) is 6.41. The summed E-state index contributed by atoms with van der Waals surface area (Å²) in [7, 11) is 0. The molecule has 0 N–H and O–H groups in total. The Kier molecular flexibility index (Phi) is 3.29. The highest BCUT2D eigenvalue weighted by Crippen LogP contribution is 2.22. The zero-order valence-electron chi connectivity index (χ0n) is 8.83. The van der Waals surface area contributed by atoms with E-state index in [-0.39, 0.29) is 12.7 Å². The van der Waals surface area contributed by atoms with Gasteiger partial charge in [-0.2, -0.15) is 0 Å². The van der Waals surface area contributed by atoms with Crippen LogP contribution in [0.5, 0.6) is 0 Å². The van der Waals surface area contributed by atoms with Crippen LogP contribution in [0.25, 0.3) is 0 Å². The molecule has 0 aromatic heterocycles. The highest BCUT2D eigenvalue weighted by Gasteiger charge is 2.33. The summed E-state index contributed by atoms with van der Waals surface area (Å²) >= 11 is 0. The van der Waals surface area contributed by atoms with E-state index in [4.69, 9.17) is 14.2 Å². The molecule has 0 radical (unpaired) electrons. The van der Waals surface area contributed by atoms with Gasteiger partial charge in [0.05, 0.1) is 6.61 Å². The number of hydrogen-bond acceptors (Lipinski definition) is 4. The maximum Gasteiger partial charge on any atom is 0.333 e. The lowest BCUT2D eigenvalue weighted by molar-refractivity contribution is -0.155. The predicted octanol–water partition coefficient (Wildman–Crippen LogP) is 1.26. The topological polar surface area (TPSA) is 44.8 Å². The molecule has 0 amide bonds. The Balaban J connectivity index is 2.27. The van der Waals surface area contributed by atoms with Gasteiger partial charge in [0.1, 0.15) is 12.7 Å². The molecule has 0 bridgehead atoms. The molecule has 1 atom stereocenters. The van der Waals surface area contributed by atoms with Crippen molar-refractivity contribution in [1.82, 2.24) is 0 Å². The molecule has 4 nitrogen and oxygen atoms in total. The van der Waals surface area contributed by atoms with E-state index in [1.54, 1.807) is 6.92 Å². The molecule has 0 aromatic rings. The number of hydrogen-bond donors (Lipinski definition) is 0. The van der Waals surface area contributed by atoms with Gasteiger partial charge in [-0.3, -0.25) is 0 Å². The molecule has 1 saturated heterocycles. The van der Waals surface area contributed by atoms with E-state index in [1.165, 1.54) is 0 Å². The summed E-state index contributed by atoms with van der Waals surface area (Å²) in [5.74, 6) is -0.960. The van der Waals surface area contributed by atoms with Crippen LogP contribution >= 0.6 is 0 Å². The summed E-state index contributed by atoms with van der Waals surface area (Å²) in [5, 5.41) is 0. The summed E-state index contributed by atoms with van der Waals surface area (Å²) in [4.78, 5) is 11.0.